The molecule has 2 aliphatic heterocycles. The van der Waals surface area contributed by atoms with Crippen molar-refractivity contribution in [2.24, 2.45) is 0 Å². The Labute approximate surface area is 153 Å². The number of piperidine rings is 1. The summed E-state index contributed by atoms with van der Waals surface area (Å²) in [6.45, 7) is 6.73. The Kier molecular flexibility index (Phi) is 4.94. The number of carbonyl (C=O) groups is 1. The summed E-state index contributed by atoms with van der Waals surface area (Å²) in [7, 11) is -3.56. The van der Waals surface area contributed by atoms with Gasteiger partial charge >= 0.3 is 0 Å². The molecule has 1 N–H and O–H groups in total. The van der Waals surface area contributed by atoms with Gasteiger partial charge in [-0.3, -0.25) is 10.1 Å². The van der Waals surface area contributed by atoms with Gasteiger partial charge in [0, 0.05) is 24.7 Å². The lowest BCUT2D eigenvalue weighted by atomic mass is 9.97. The first-order valence-electron chi connectivity index (χ1n) is 8.26. The zero-order chi connectivity index (χ0) is 18.2. The van der Waals surface area contributed by atoms with Crippen molar-refractivity contribution in [2.75, 3.05) is 19.6 Å². The van der Waals surface area contributed by atoms with Crippen LogP contribution in [0, 0.1) is 0 Å². The number of amides is 1. The Balaban J connectivity index is 1.78. The molecule has 1 amide bonds. The lowest BCUT2D eigenvalue weighted by Gasteiger charge is -2.43. The quantitative estimate of drug-likeness (QED) is 0.805. The monoisotopic (exact) mass is 383 g/mol. The van der Waals surface area contributed by atoms with Crippen molar-refractivity contribution >= 4 is 27.5 Å². The molecule has 3 rings (SSSR count). The van der Waals surface area contributed by atoms with Crippen LogP contribution in [0.25, 0.3) is 0 Å². The van der Waals surface area contributed by atoms with E-state index < -0.39 is 15.7 Å². The van der Waals surface area contributed by atoms with Crippen LogP contribution in [0.2, 0.25) is 5.02 Å². The summed E-state index contributed by atoms with van der Waals surface area (Å²) in [4.78, 5) is 14.4. The van der Waals surface area contributed by atoms with Gasteiger partial charge in [0.05, 0.1) is 16.6 Å². The molecule has 2 aliphatic rings. The van der Waals surface area contributed by atoms with E-state index in [1.54, 1.807) is 23.1 Å². The molecule has 25 heavy (non-hydrogen) atoms. The lowest BCUT2D eigenvalue weighted by molar-refractivity contribution is -0.132. The number of hydrogen-bond acceptors (Lipinski definition) is 4. The highest BCUT2D eigenvalue weighted by Crippen LogP contribution is 2.34. The molecular formula is C17H22ClN3O3S. The average molecular weight is 384 g/mol. The highest BCUT2D eigenvalue weighted by atomic mass is 35.5. The van der Waals surface area contributed by atoms with Crippen molar-refractivity contribution in [3.05, 3.63) is 41.9 Å². The molecule has 6 nitrogen and oxygen atoms in total. The van der Waals surface area contributed by atoms with Gasteiger partial charge in [0.2, 0.25) is 15.9 Å². The highest BCUT2D eigenvalue weighted by Gasteiger charge is 2.50. The van der Waals surface area contributed by atoms with Crippen LogP contribution in [-0.2, 0) is 14.8 Å². The molecule has 0 bridgehead atoms. The molecule has 1 atom stereocenters. The Morgan fingerprint density at radius 3 is 2.48 bits per heavy atom. The summed E-state index contributed by atoms with van der Waals surface area (Å²) >= 11 is 5.84. The number of carbonyl (C=O) groups excluding carboxylic acids is 1. The van der Waals surface area contributed by atoms with Crippen LogP contribution < -0.4 is 5.32 Å². The third kappa shape index (κ3) is 3.21. The molecule has 2 heterocycles. The molecule has 1 aromatic rings. The fraction of sp³-hybridized carbons (Fsp3) is 0.471. The zero-order valence-corrected chi connectivity index (χ0v) is 15.7. The number of nitrogens with one attached hydrogen (secondary N) is 1. The van der Waals surface area contributed by atoms with Crippen LogP contribution in [0.5, 0.6) is 0 Å². The van der Waals surface area contributed by atoms with Crippen LogP contribution in [0.1, 0.15) is 19.8 Å². The standard InChI is InChI=1S/C17H22ClN3O3S/c1-3-10-21-16(22)13(2)19-17(21)8-11-20(12-9-17)25(23,24)15-6-4-14(18)5-7-15/h3-7,13,19H,1,8-12H2,2H3/t13-/m1/s1. The van der Waals surface area contributed by atoms with Crippen molar-refractivity contribution in [2.45, 2.75) is 36.4 Å². The van der Waals surface area contributed by atoms with Gasteiger partial charge in [-0.05, 0) is 44.0 Å². The first-order valence-corrected chi connectivity index (χ1v) is 10.1. The molecule has 8 heteroatoms. The van der Waals surface area contributed by atoms with Gasteiger partial charge < -0.3 is 4.90 Å². The SMILES string of the molecule is C=CCN1C(=O)[C@@H](C)NC12CCN(S(=O)(=O)c1ccc(Cl)cc1)CC2. The van der Waals surface area contributed by atoms with Gasteiger partial charge in [-0.1, -0.05) is 17.7 Å². The summed E-state index contributed by atoms with van der Waals surface area (Å²) in [5.41, 5.74) is -0.489. The minimum atomic E-state index is -3.56. The Bertz CT molecular complexity index is 771. The second kappa shape index (κ2) is 6.72. The normalized spacial score (nSPS) is 24.0. The van der Waals surface area contributed by atoms with Gasteiger partial charge in [0.1, 0.15) is 0 Å². The fourth-order valence-electron chi connectivity index (χ4n) is 3.65. The van der Waals surface area contributed by atoms with E-state index in [0.717, 1.165) is 0 Å². The van der Waals surface area contributed by atoms with E-state index in [1.807, 2.05) is 6.92 Å². The molecule has 1 spiro atoms. The van der Waals surface area contributed by atoms with E-state index in [9.17, 15) is 13.2 Å². The van der Waals surface area contributed by atoms with Gasteiger partial charge in [-0.25, -0.2) is 8.42 Å². The first kappa shape index (κ1) is 18.4. The van der Waals surface area contributed by atoms with Gasteiger partial charge in [0.15, 0.2) is 0 Å². The second-order valence-electron chi connectivity index (χ2n) is 6.49. The molecule has 0 aliphatic carbocycles. The van der Waals surface area contributed by atoms with E-state index in [4.69, 9.17) is 11.6 Å². The number of sulfonamides is 1. The average Bonchev–Trinajstić information content (AvgIpc) is 2.80. The Morgan fingerprint density at radius 2 is 1.92 bits per heavy atom. The minimum Gasteiger partial charge on any atom is -0.319 e. The summed E-state index contributed by atoms with van der Waals surface area (Å²) < 4.78 is 27.1. The predicted octanol–water partition coefficient (Wildman–Crippen LogP) is 1.83. The van der Waals surface area contributed by atoms with Crippen LogP contribution in [0.3, 0.4) is 0 Å². The van der Waals surface area contributed by atoms with Crippen molar-refractivity contribution < 1.29 is 13.2 Å². The lowest BCUT2D eigenvalue weighted by Crippen LogP contribution is -2.59. The van der Waals surface area contributed by atoms with Crippen molar-refractivity contribution in [3.63, 3.8) is 0 Å². The van der Waals surface area contributed by atoms with Crippen LogP contribution >= 0.6 is 11.6 Å². The summed E-state index contributed by atoms with van der Waals surface area (Å²) in [5, 5.41) is 3.86. The van der Waals surface area contributed by atoms with Crippen LogP contribution in [-0.4, -0.2) is 54.9 Å². The molecule has 1 aromatic carbocycles. The topological polar surface area (TPSA) is 69.7 Å². The number of halogens is 1. The number of rotatable bonds is 4. The van der Waals surface area contributed by atoms with Crippen molar-refractivity contribution in [3.8, 4) is 0 Å². The fourth-order valence-corrected chi connectivity index (χ4v) is 5.21. The van der Waals surface area contributed by atoms with E-state index in [2.05, 4.69) is 11.9 Å². The molecule has 0 saturated carbocycles. The van der Waals surface area contributed by atoms with Crippen LogP contribution in [0.4, 0.5) is 0 Å². The zero-order valence-electron chi connectivity index (χ0n) is 14.1. The van der Waals surface area contributed by atoms with Gasteiger partial charge in [0.25, 0.3) is 0 Å². The largest absolute Gasteiger partial charge is 0.319 e. The second-order valence-corrected chi connectivity index (χ2v) is 8.87. The first-order chi connectivity index (χ1) is 11.8. The smallest absolute Gasteiger partial charge is 0.243 e. The van der Waals surface area contributed by atoms with E-state index in [1.165, 1.54) is 16.4 Å². The molecule has 0 unspecified atom stereocenters. The molecule has 0 radical (unpaired) electrons. The molecule has 2 fully saturated rings. The van der Waals surface area contributed by atoms with Crippen LogP contribution in [0.15, 0.2) is 41.8 Å². The Morgan fingerprint density at radius 1 is 1.32 bits per heavy atom. The maximum Gasteiger partial charge on any atom is 0.243 e. The molecule has 2 saturated heterocycles. The maximum atomic E-state index is 12.8. The maximum absolute atomic E-state index is 12.8. The molecular weight excluding hydrogens is 362 g/mol. The van der Waals surface area contributed by atoms with Gasteiger partial charge in [-0.2, -0.15) is 4.31 Å². The minimum absolute atomic E-state index is 0.0360. The number of benzene rings is 1. The van der Waals surface area contributed by atoms with E-state index in [0.29, 0.717) is 37.5 Å². The highest BCUT2D eigenvalue weighted by molar-refractivity contribution is 7.89. The van der Waals surface area contributed by atoms with Crippen molar-refractivity contribution in [1.29, 1.82) is 0 Å². The van der Waals surface area contributed by atoms with E-state index >= 15 is 0 Å². The van der Waals surface area contributed by atoms with Crippen molar-refractivity contribution in [1.82, 2.24) is 14.5 Å². The molecule has 136 valence electrons. The summed E-state index contributed by atoms with van der Waals surface area (Å²) in [6, 6.07) is 5.92. The molecule has 0 aromatic heterocycles. The van der Waals surface area contributed by atoms with E-state index in [-0.39, 0.29) is 16.8 Å². The number of hydrogen-bond donors (Lipinski definition) is 1. The Hall–Kier alpha value is -1.41. The summed E-state index contributed by atoms with van der Waals surface area (Å²) in [5.74, 6) is 0.0360. The third-order valence-electron chi connectivity index (χ3n) is 4.95. The predicted molar refractivity (Wildman–Crippen MR) is 96.7 cm³/mol. The third-order valence-corrected chi connectivity index (χ3v) is 7.12. The number of nitrogens with zero attached hydrogens (tertiary/aromatic N) is 2. The van der Waals surface area contributed by atoms with Gasteiger partial charge in [-0.15, -0.1) is 6.58 Å². The summed E-state index contributed by atoms with van der Waals surface area (Å²) in [6.07, 6.45) is 2.80.